The molecule has 2 atom stereocenters. The molecule has 2 fully saturated rings. The molecule has 1 aromatic rings. The van der Waals surface area contributed by atoms with Crippen molar-refractivity contribution in [1.29, 1.82) is 0 Å². The smallest absolute Gasteiger partial charge is 0.414 e. The molecule has 0 radical (unpaired) electrons. The summed E-state index contributed by atoms with van der Waals surface area (Å²) in [5.41, 5.74) is 0.226. The molecule has 0 bridgehead atoms. The van der Waals surface area contributed by atoms with Crippen LogP contribution in [0.5, 0.6) is 0 Å². The lowest BCUT2D eigenvalue weighted by molar-refractivity contribution is 0.0235. The van der Waals surface area contributed by atoms with Gasteiger partial charge in [-0.2, -0.15) is 0 Å². The van der Waals surface area contributed by atoms with E-state index in [2.05, 4.69) is 10.2 Å². The van der Waals surface area contributed by atoms with Crippen molar-refractivity contribution in [2.24, 2.45) is 5.92 Å². The second-order valence-electron chi connectivity index (χ2n) is 6.56. The van der Waals surface area contributed by atoms with Gasteiger partial charge in [-0.3, -0.25) is 15.0 Å². The van der Waals surface area contributed by atoms with Crippen molar-refractivity contribution in [2.45, 2.75) is 38.1 Å². The summed E-state index contributed by atoms with van der Waals surface area (Å²) in [5.74, 6) is -0.669. The summed E-state index contributed by atoms with van der Waals surface area (Å²) >= 11 is 0. The first-order valence-electron chi connectivity index (χ1n) is 8.61. The Morgan fingerprint density at radius 2 is 1.88 bits per heavy atom. The summed E-state index contributed by atoms with van der Waals surface area (Å²) in [6, 6.07) is 5.52. The fraction of sp³-hybridized carbons (Fsp3) is 0.556. The highest BCUT2D eigenvalue weighted by Gasteiger charge is 2.33. The fourth-order valence-electron chi connectivity index (χ4n) is 3.76. The van der Waals surface area contributed by atoms with Crippen LogP contribution in [0.15, 0.2) is 24.3 Å². The van der Waals surface area contributed by atoms with Crippen molar-refractivity contribution in [3.05, 3.63) is 35.6 Å². The molecule has 2 saturated heterocycles. The van der Waals surface area contributed by atoms with Gasteiger partial charge >= 0.3 is 6.09 Å². The third-order valence-electron chi connectivity index (χ3n) is 4.98. The molecule has 0 aliphatic carbocycles. The SMILES string of the molecule is O=C(NC(=O)c1ccc(F)cc1)OC[C@H]1CCCN2CCCC[C@@H]12. The van der Waals surface area contributed by atoms with Crippen LogP contribution in [0.25, 0.3) is 0 Å². The number of amides is 2. The summed E-state index contributed by atoms with van der Waals surface area (Å²) in [6.45, 7) is 2.61. The van der Waals surface area contributed by atoms with E-state index in [1.807, 2.05) is 0 Å². The van der Waals surface area contributed by atoms with Gasteiger partial charge in [0.1, 0.15) is 5.82 Å². The summed E-state index contributed by atoms with van der Waals surface area (Å²) in [4.78, 5) is 26.3. The Labute approximate surface area is 141 Å². The Morgan fingerprint density at radius 3 is 2.67 bits per heavy atom. The number of nitrogens with one attached hydrogen (secondary N) is 1. The van der Waals surface area contributed by atoms with Crippen LogP contribution in [0.4, 0.5) is 9.18 Å². The van der Waals surface area contributed by atoms with Crippen LogP contribution in [0.3, 0.4) is 0 Å². The maximum atomic E-state index is 12.8. The average Bonchev–Trinajstić information content (AvgIpc) is 2.60. The first-order valence-corrected chi connectivity index (χ1v) is 8.61. The van der Waals surface area contributed by atoms with Gasteiger partial charge < -0.3 is 4.74 Å². The lowest BCUT2D eigenvalue weighted by Crippen LogP contribution is -2.49. The van der Waals surface area contributed by atoms with Crippen molar-refractivity contribution in [1.82, 2.24) is 10.2 Å². The van der Waals surface area contributed by atoms with Gasteiger partial charge in [-0.25, -0.2) is 9.18 Å². The highest BCUT2D eigenvalue weighted by Crippen LogP contribution is 2.30. The molecule has 3 rings (SSSR count). The summed E-state index contributed by atoms with van der Waals surface area (Å²) < 4.78 is 18.1. The van der Waals surface area contributed by atoms with Crippen LogP contribution >= 0.6 is 0 Å². The third kappa shape index (κ3) is 4.12. The zero-order valence-electron chi connectivity index (χ0n) is 13.7. The van der Waals surface area contributed by atoms with E-state index in [1.165, 1.54) is 37.1 Å². The van der Waals surface area contributed by atoms with Gasteiger partial charge in [-0.15, -0.1) is 0 Å². The molecule has 2 amide bonds. The highest BCUT2D eigenvalue weighted by atomic mass is 19.1. The van der Waals surface area contributed by atoms with Gasteiger partial charge in [-0.1, -0.05) is 6.42 Å². The first-order chi connectivity index (χ1) is 11.6. The molecule has 1 N–H and O–H groups in total. The minimum atomic E-state index is -0.739. The van der Waals surface area contributed by atoms with Crippen molar-refractivity contribution in [3.63, 3.8) is 0 Å². The van der Waals surface area contributed by atoms with Crippen LogP contribution in [0, 0.1) is 11.7 Å². The topological polar surface area (TPSA) is 58.6 Å². The monoisotopic (exact) mass is 334 g/mol. The molecule has 0 aromatic heterocycles. The molecule has 2 aliphatic rings. The van der Waals surface area contributed by atoms with Gasteiger partial charge in [0.15, 0.2) is 0 Å². The quantitative estimate of drug-likeness (QED) is 0.923. The van der Waals surface area contributed by atoms with Crippen LogP contribution in [0.2, 0.25) is 0 Å². The number of halogens is 1. The van der Waals surface area contributed by atoms with Gasteiger partial charge in [0.2, 0.25) is 0 Å². The zero-order chi connectivity index (χ0) is 16.9. The number of fused-ring (bicyclic) bond motifs is 1. The maximum Gasteiger partial charge on any atom is 0.414 e. The van der Waals surface area contributed by atoms with E-state index in [0.29, 0.717) is 18.6 Å². The van der Waals surface area contributed by atoms with E-state index in [4.69, 9.17) is 4.74 Å². The van der Waals surface area contributed by atoms with Crippen molar-refractivity contribution >= 4 is 12.0 Å². The number of ether oxygens (including phenoxy) is 1. The Kier molecular flexibility index (Phi) is 5.45. The van der Waals surface area contributed by atoms with Gasteiger partial charge in [0, 0.05) is 17.5 Å². The summed E-state index contributed by atoms with van der Waals surface area (Å²) in [5, 5.41) is 2.19. The number of benzene rings is 1. The number of hydrogen-bond donors (Lipinski definition) is 1. The molecule has 2 aliphatic heterocycles. The molecule has 24 heavy (non-hydrogen) atoms. The largest absolute Gasteiger partial charge is 0.449 e. The second-order valence-corrected chi connectivity index (χ2v) is 6.56. The Hall–Kier alpha value is -1.95. The average molecular weight is 334 g/mol. The second kappa shape index (κ2) is 7.75. The van der Waals surface area contributed by atoms with Gasteiger partial charge in [-0.05, 0) is 63.0 Å². The minimum Gasteiger partial charge on any atom is -0.449 e. The van der Waals surface area contributed by atoms with Crippen molar-refractivity contribution < 1.29 is 18.7 Å². The molecule has 2 heterocycles. The third-order valence-corrected chi connectivity index (χ3v) is 4.98. The highest BCUT2D eigenvalue weighted by molar-refractivity contribution is 6.02. The van der Waals surface area contributed by atoms with Crippen LogP contribution in [-0.2, 0) is 4.74 Å². The molecule has 0 spiro atoms. The zero-order valence-corrected chi connectivity index (χ0v) is 13.7. The van der Waals surface area contributed by atoms with Gasteiger partial charge in [0.25, 0.3) is 5.91 Å². The molecular formula is C18H23FN2O3. The summed E-state index contributed by atoms with van der Waals surface area (Å²) in [7, 11) is 0. The molecule has 1 aromatic carbocycles. The Balaban J connectivity index is 1.48. The van der Waals surface area contributed by atoms with E-state index in [1.54, 1.807) is 0 Å². The van der Waals surface area contributed by atoms with E-state index in [-0.39, 0.29) is 5.56 Å². The standard InChI is InChI=1S/C18H23FN2O3/c19-15-8-6-13(7-9-15)17(22)20-18(23)24-12-14-4-3-11-21-10-2-1-5-16(14)21/h6-9,14,16H,1-5,10-12H2,(H,20,22,23)/t14-,16+/m1/s1. The normalized spacial score (nSPS) is 24.0. The number of carbonyl (C=O) groups is 2. The predicted octanol–water partition coefficient (Wildman–Crippen LogP) is 2.96. The number of rotatable bonds is 3. The number of carbonyl (C=O) groups excluding carboxylic acids is 2. The molecule has 130 valence electrons. The number of nitrogens with zero attached hydrogens (tertiary/aromatic N) is 1. The number of imide groups is 1. The molecule has 0 saturated carbocycles. The van der Waals surface area contributed by atoms with Crippen LogP contribution < -0.4 is 5.32 Å². The molecule has 6 heteroatoms. The van der Waals surface area contributed by atoms with E-state index < -0.39 is 17.8 Å². The summed E-state index contributed by atoms with van der Waals surface area (Å²) in [6.07, 6.45) is 5.08. The molecule has 5 nitrogen and oxygen atoms in total. The van der Waals surface area contributed by atoms with Crippen LogP contribution in [0.1, 0.15) is 42.5 Å². The van der Waals surface area contributed by atoms with Crippen molar-refractivity contribution in [2.75, 3.05) is 19.7 Å². The first kappa shape index (κ1) is 16.9. The van der Waals surface area contributed by atoms with Gasteiger partial charge in [0.05, 0.1) is 6.61 Å². The number of piperidine rings is 2. The molecular weight excluding hydrogens is 311 g/mol. The fourth-order valence-corrected chi connectivity index (χ4v) is 3.76. The Bertz CT molecular complexity index is 588. The van der Waals surface area contributed by atoms with E-state index >= 15 is 0 Å². The number of hydrogen-bond acceptors (Lipinski definition) is 4. The minimum absolute atomic E-state index is 0.226. The lowest BCUT2D eigenvalue weighted by atomic mass is 9.84. The number of alkyl carbamates (subject to hydrolysis) is 1. The Morgan fingerprint density at radius 1 is 1.12 bits per heavy atom. The maximum absolute atomic E-state index is 12.8. The van der Waals surface area contributed by atoms with E-state index in [9.17, 15) is 14.0 Å². The van der Waals surface area contributed by atoms with Crippen LogP contribution in [-0.4, -0.2) is 42.6 Å². The lowest BCUT2D eigenvalue weighted by Gasteiger charge is -2.44. The molecule has 0 unspecified atom stereocenters. The predicted molar refractivity (Wildman–Crippen MR) is 87.2 cm³/mol. The van der Waals surface area contributed by atoms with E-state index in [0.717, 1.165) is 32.4 Å². The van der Waals surface area contributed by atoms with Crippen molar-refractivity contribution in [3.8, 4) is 0 Å².